The molecule has 0 heterocycles. The van der Waals surface area contributed by atoms with Crippen LogP contribution in [0.2, 0.25) is 0 Å². The van der Waals surface area contributed by atoms with Crippen LogP contribution in [-0.2, 0) is 9.84 Å². The van der Waals surface area contributed by atoms with Crippen molar-refractivity contribution < 1.29 is 13.2 Å². The van der Waals surface area contributed by atoms with Crippen molar-refractivity contribution in [2.45, 2.75) is 11.8 Å². The van der Waals surface area contributed by atoms with Gasteiger partial charge >= 0.3 is 0 Å². The molecule has 122 valence electrons. The molecule has 0 saturated carbocycles. The molecule has 5 heteroatoms. The topological polar surface area (TPSA) is 67.2 Å². The zero-order valence-corrected chi connectivity index (χ0v) is 14.2. The summed E-state index contributed by atoms with van der Waals surface area (Å²) in [6, 6.07) is 15.5. The summed E-state index contributed by atoms with van der Waals surface area (Å²) in [6.07, 6.45) is 4.52. The molecule has 2 aromatic rings. The molecule has 0 aliphatic heterocycles. The number of hydrogen-bond acceptors (Lipinski definition) is 4. The monoisotopic (exact) mass is 339 g/mol. The first-order chi connectivity index (χ1) is 11.5. The molecule has 0 aliphatic carbocycles. The Balaban J connectivity index is 2.34. The molecule has 0 aromatic heterocycles. The van der Waals surface area contributed by atoms with Gasteiger partial charge in [0, 0.05) is 5.56 Å². The lowest BCUT2D eigenvalue weighted by atomic mass is 10.2. The third-order valence-electron chi connectivity index (χ3n) is 3.39. The highest BCUT2D eigenvalue weighted by molar-refractivity contribution is 7.95. The van der Waals surface area contributed by atoms with Crippen LogP contribution in [0.25, 0.3) is 6.08 Å². The van der Waals surface area contributed by atoms with E-state index in [1.807, 2.05) is 25.1 Å². The number of rotatable bonds is 5. The highest BCUT2D eigenvalue weighted by atomic mass is 32.2. The predicted molar refractivity (Wildman–Crippen MR) is 94.1 cm³/mol. The third kappa shape index (κ3) is 3.92. The van der Waals surface area contributed by atoms with Crippen LogP contribution in [0, 0.1) is 18.3 Å². The molecule has 0 spiro atoms. The van der Waals surface area contributed by atoms with Gasteiger partial charge in [-0.2, -0.15) is 5.26 Å². The highest BCUT2D eigenvalue weighted by Gasteiger charge is 2.19. The predicted octanol–water partition coefficient (Wildman–Crippen LogP) is 3.90. The Kier molecular flexibility index (Phi) is 5.56. The molecular weight excluding hydrogens is 322 g/mol. The number of allylic oxidation sites excluding steroid dienone is 3. The van der Waals surface area contributed by atoms with Crippen molar-refractivity contribution in [3.05, 3.63) is 76.7 Å². The minimum absolute atomic E-state index is 0.103. The Morgan fingerprint density at radius 1 is 1.12 bits per heavy atom. The second-order valence-electron chi connectivity index (χ2n) is 5.06. The van der Waals surface area contributed by atoms with Gasteiger partial charge in [-0.3, -0.25) is 0 Å². The molecule has 0 atom stereocenters. The average molecular weight is 339 g/mol. The average Bonchev–Trinajstić information content (AvgIpc) is 2.59. The summed E-state index contributed by atoms with van der Waals surface area (Å²) < 4.78 is 30.2. The number of nitrogens with zero attached hydrogens (tertiary/aromatic N) is 1. The Morgan fingerprint density at radius 3 is 2.42 bits per heavy atom. The second-order valence-corrected chi connectivity index (χ2v) is 6.98. The van der Waals surface area contributed by atoms with Gasteiger partial charge in [0.05, 0.1) is 12.0 Å². The van der Waals surface area contributed by atoms with Gasteiger partial charge < -0.3 is 4.74 Å². The molecule has 2 aromatic carbocycles. The minimum atomic E-state index is -3.82. The molecular formula is C19H17NO3S. The number of hydrogen-bond donors (Lipinski definition) is 0. The fraction of sp³-hybridized carbons (Fsp3) is 0.105. The van der Waals surface area contributed by atoms with Crippen molar-refractivity contribution in [2.75, 3.05) is 7.11 Å². The van der Waals surface area contributed by atoms with Gasteiger partial charge in [-0.15, -0.1) is 0 Å². The number of ether oxygens (including phenoxy) is 1. The van der Waals surface area contributed by atoms with Crippen LogP contribution < -0.4 is 4.74 Å². The van der Waals surface area contributed by atoms with E-state index in [0.29, 0.717) is 5.75 Å². The molecule has 0 amide bonds. The molecule has 0 fully saturated rings. The summed E-state index contributed by atoms with van der Waals surface area (Å²) >= 11 is 0. The molecule has 0 saturated heterocycles. The number of methoxy groups -OCH3 is 1. The smallest absolute Gasteiger partial charge is 0.216 e. The molecule has 24 heavy (non-hydrogen) atoms. The molecule has 0 bridgehead atoms. The normalized spacial score (nSPS) is 12.1. The lowest BCUT2D eigenvalue weighted by Gasteiger charge is -2.03. The van der Waals surface area contributed by atoms with Crippen molar-refractivity contribution in [3.63, 3.8) is 0 Å². The molecule has 4 nitrogen and oxygen atoms in total. The van der Waals surface area contributed by atoms with Gasteiger partial charge in [0.15, 0.2) is 0 Å². The standard InChI is InChI=1S/C19H17NO3S/c1-15-10-12-17(13-11-15)24(21,22)18(14-20)8-5-7-16-6-3-4-9-19(16)23-2/h3-13H,1-2H3/b7-5+,18-8+. The SMILES string of the molecule is COc1ccccc1/C=C/C=C(\C#N)S(=O)(=O)c1ccc(C)cc1. The van der Waals surface area contributed by atoms with E-state index in [0.717, 1.165) is 11.1 Å². The quantitative estimate of drug-likeness (QED) is 0.612. The van der Waals surface area contributed by atoms with Crippen LogP contribution in [0.4, 0.5) is 0 Å². The van der Waals surface area contributed by atoms with Crippen molar-refractivity contribution in [1.82, 2.24) is 0 Å². The van der Waals surface area contributed by atoms with Crippen molar-refractivity contribution in [3.8, 4) is 11.8 Å². The van der Waals surface area contributed by atoms with E-state index < -0.39 is 9.84 Å². The number of nitriles is 1. The first kappa shape index (κ1) is 17.5. The number of benzene rings is 2. The Bertz CT molecular complexity index is 918. The number of para-hydroxylation sites is 1. The first-order valence-electron chi connectivity index (χ1n) is 7.22. The fourth-order valence-electron chi connectivity index (χ4n) is 2.07. The van der Waals surface area contributed by atoms with E-state index >= 15 is 0 Å². The van der Waals surface area contributed by atoms with E-state index in [-0.39, 0.29) is 9.80 Å². The third-order valence-corrected chi connectivity index (χ3v) is 5.09. The van der Waals surface area contributed by atoms with E-state index in [4.69, 9.17) is 4.74 Å². The van der Waals surface area contributed by atoms with Gasteiger partial charge in [-0.1, -0.05) is 48.0 Å². The maximum atomic E-state index is 12.5. The van der Waals surface area contributed by atoms with Gasteiger partial charge in [-0.25, -0.2) is 8.42 Å². The zero-order valence-electron chi connectivity index (χ0n) is 13.4. The van der Waals surface area contributed by atoms with Crippen molar-refractivity contribution >= 4 is 15.9 Å². The maximum Gasteiger partial charge on any atom is 0.216 e. The van der Waals surface area contributed by atoms with Gasteiger partial charge in [0.2, 0.25) is 9.84 Å². The summed E-state index contributed by atoms with van der Waals surface area (Å²) in [5.74, 6) is 0.669. The number of sulfone groups is 1. The summed E-state index contributed by atoms with van der Waals surface area (Å²) in [4.78, 5) is -0.205. The first-order valence-corrected chi connectivity index (χ1v) is 8.70. The fourth-order valence-corrected chi connectivity index (χ4v) is 3.20. The van der Waals surface area contributed by atoms with Crippen LogP contribution in [0.15, 0.2) is 70.5 Å². The second kappa shape index (κ2) is 7.62. The Hall–Kier alpha value is -2.84. The van der Waals surface area contributed by atoms with Gasteiger partial charge in [0.25, 0.3) is 0 Å². The zero-order chi connectivity index (χ0) is 17.6. The Morgan fingerprint density at radius 2 is 1.79 bits per heavy atom. The van der Waals surface area contributed by atoms with Crippen LogP contribution in [0.3, 0.4) is 0 Å². The molecule has 0 aliphatic rings. The van der Waals surface area contributed by atoms with Crippen molar-refractivity contribution in [2.24, 2.45) is 0 Å². The van der Waals surface area contributed by atoms with Gasteiger partial charge in [-0.05, 0) is 31.2 Å². The van der Waals surface area contributed by atoms with E-state index in [1.54, 1.807) is 37.5 Å². The highest BCUT2D eigenvalue weighted by Crippen LogP contribution is 2.21. The maximum absolute atomic E-state index is 12.5. The summed E-state index contributed by atoms with van der Waals surface area (Å²) in [5.41, 5.74) is 1.74. The van der Waals surface area contributed by atoms with Crippen LogP contribution in [-0.4, -0.2) is 15.5 Å². The van der Waals surface area contributed by atoms with Gasteiger partial charge in [0.1, 0.15) is 16.7 Å². The number of aryl methyl sites for hydroxylation is 1. The molecule has 0 radical (unpaired) electrons. The Labute approximate surface area is 142 Å². The lowest BCUT2D eigenvalue weighted by Crippen LogP contribution is -2.03. The van der Waals surface area contributed by atoms with E-state index in [2.05, 4.69) is 0 Å². The summed E-state index contributed by atoms with van der Waals surface area (Å²) in [7, 11) is -2.26. The van der Waals surface area contributed by atoms with Crippen molar-refractivity contribution in [1.29, 1.82) is 5.26 Å². The summed E-state index contributed by atoms with van der Waals surface area (Å²) in [6.45, 7) is 1.87. The van der Waals surface area contributed by atoms with Crippen LogP contribution in [0.5, 0.6) is 5.75 Å². The lowest BCUT2D eigenvalue weighted by molar-refractivity contribution is 0.414. The van der Waals surface area contributed by atoms with E-state index in [9.17, 15) is 13.7 Å². The largest absolute Gasteiger partial charge is 0.496 e. The van der Waals surface area contributed by atoms with Crippen LogP contribution in [0.1, 0.15) is 11.1 Å². The van der Waals surface area contributed by atoms with E-state index in [1.165, 1.54) is 24.3 Å². The molecule has 0 N–H and O–H groups in total. The molecule has 0 unspecified atom stereocenters. The minimum Gasteiger partial charge on any atom is -0.496 e. The molecule has 2 rings (SSSR count). The van der Waals surface area contributed by atoms with Crippen LogP contribution >= 0.6 is 0 Å². The summed E-state index contributed by atoms with van der Waals surface area (Å²) in [5, 5.41) is 9.22.